The Kier molecular flexibility index (Phi) is 4.20. The quantitative estimate of drug-likeness (QED) is 0.849. The molecule has 1 saturated carbocycles. The molecule has 22 heavy (non-hydrogen) atoms. The number of hydrogen-bond donors (Lipinski definition) is 2. The van der Waals surface area contributed by atoms with Crippen LogP contribution in [0.1, 0.15) is 30.1 Å². The Bertz CT molecular complexity index is 670. The molecule has 0 bridgehead atoms. The van der Waals surface area contributed by atoms with E-state index in [1.54, 1.807) is 17.0 Å². The van der Waals surface area contributed by atoms with E-state index >= 15 is 0 Å². The summed E-state index contributed by atoms with van der Waals surface area (Å²) in [4.78, 5) is 14.5. The molecule has 1 heterocycles. The first kappa shape index (κ1) is 15.5. The maximum atomic E-state index is 12.5. The lowest BCUT2D eigenvalue weighted by Crippen LogP contribution is -2.51. The van der Waals surface area contributed by atoms with Crippen LogP contribution in [0.2, 0.25) is 0 Å². The molecular formula is C15H21N3O3S. The minimum Gasteiger partial charge on any atom is -0.336 e. The predicted molar refractivity (Wildman–Crippen MR) is 83.2 cm³/mol. The molecule has 1 atom stereocenters. The molecule has 1 amide bonds. The van der Waals surface area contributed by atoms with E-state index in [1.807, 2.05) is 6.92 Å². The van der Waals surface area contributed by atoms with Gasteiger partial charge >= 0.3 is 0 Å². The summed E-state index contributed by atoms with van der Waals surface area (Å²) >= 11 is 0. The van der Waals surface area contributed by atoms with E-state index in [9.17, 15) is 13.2 Å². The van der Waals surface area contributed by atoms with E-state index in [4.69, 9.17) is 0 Å². The smallest absolute Gasteiger partial charge is 0.253 e. The molecule has 1 saturated heterocycles. The van der Waals surface area contributed by atoms with Crippen molar-refractivity contribution in [2.24, 2.45) is 0 Å². The molecular weight excluding hydrogens is 302 g/mol. The topological polar surface area (TPSA) is 78.5 Å². The second-order valence-electron chi connectivity index (χ2n) is 6.03. The number of amides is 1. The number of carbonyl (C=O) groups is 1. The largest absolute Gasteiger partial charge is 0.336 e. The molecule has 1 aromatic carbocycles. The summed E-state index contributed by atoms with van der Waals surface area (Å²) in [5.74, 6) is -0.114. The molecule has 7 heteroatoms. The third-order valence-corrected chi connectivity index (χ3v) is 5.46. The van der Waals surface area contributed by atoms with E-state index in [-0.39, 0.29) is 22.9 Å². The van der Waals surface area contributed by atoms with Crippen molar-refractivity contribution >= 4 is 15.9 Å². The van der Waals surface area contributed by atoms with Gasteiger partial charge in [0, 0.05) is 37.3 Å². The van der Waals surface area contributed by atoms with Crippen molar-refractivity contribution in [3.63, 3.8) is 0 Å². The van der Waals surface area contributed by atoms with E-state index in [1.165, 1.54) is 12.1 Å². The molecule has 0 spiro atoms. The second-order valence-corrected chi connectivity index (χ2v) is 7.74. The summed E-state index contributed by atoms with van der Waals surface area (Å²) in [5, 5.41) is 3.28. The predicted octanol–water partition coefficient (Wildman–Crippen LogP) is 0.561. The fraction of sp³-hybridized carbons (Fsp3) is 0.533. The molecule has 2 aliphatic rings. The highest BCUT2D eigenvalue weighted by Gasteiger charge is 2.29. The highest BCUT2D eigenvalue weighted by Crippen LogP contribution is 2.22. The Hall–Kier alpha value is -1.44. The fourth-order valence-electron chi connectivity index (χ4n) is 2.58. The lowest BCUT2D eigenvalue weighted by molar-refractivity contribution is 0.0709. The Morgan fingerprint density at radius 3 is 2.82 bits per heavy atom. The highest BCUT2D eigenvalue weighted by atomic mass is 32.2. The van der Waals surface area contributed by atoms with Gasteiger partial charge in [0.2, 0.25) is 10.0 Å². The zero-order valence-electron chi connectivity index (χ0n) is 12.6. The molecule has 2 N–H and O–H groups in total. The molecule has 1 aliphatic heterocycles. The standard InChI is InChI=1S/C15H21N3O3S/c1-11-10-18(8-7-16-11)15(19)12-3-2-4-14(9-12)22(20,21)17-13-5-6-13/h2-4,9,11,13,16-17H,5-8,10H2,1H3. The van der Waals surface area contributed by atoms with Crippen molar-refractivity contribution in [2.45, 2.75) is 36.7 Å². The normalized spacial score (nSPS) is 22.6. The fourth-order valence-corrected chi connectivity index (χ4v) is 3.93. The van der Waals surface area contributed by atoms with Crippen LogP contribution in [0.4, 0.5) is 0 Å². The van der Waals surface area contributed by atoms with E-state index in [0.717, 1.165) is 19.4 Å². The Morgan fingerprint density at radius 1 is 1.36 bits per heavy atom. The van der Waals surface area contributed by atoms with Crippen LogP contribution in [-0.2, 0) is 10.0 Å². The molecule has 120 valence electrons. The number of rotatable bonds is 4. The highest BCUT2D eigenvalue weighted by molar-refractivity contribution is 7.89. The summed E-state index contributed by atoms with van der Waals surface area (Å²) in [6.45, 7) is 4.06. The molecule has 1 unspecified atom stereocenters. The molecule has 0 aromatic heterocycles. The molecule has 6 nitrogen and oxygen atoms in total. The number of carbonyl (C=O) groups excluding carboxylic acids is 1. The van der Waals surface area contributed by atoms with Gasteiger partial charge in [0.1, 0.15) is 0 Å². The van der Waals surface area contributed by atoms with Gasteiger partial charge in [-0.2, -0.15) is 0 Å². The number of nitrogens with zero attached hydrogens (tertiary/aromatic N) is 1. The number of sulfonamides is 1. The van der Waals surface area contributed by atoms with E-state index < -0.39 is 10.0 Å². The van der Waals surface area contributed by atoms with Gasteiger partial charge in [-0.25, -0.2) is 13.1 Å². The first-order valence-electron chi connectivity index (χ1n) is 7.61. The van der Waals surface area contributed by atoms with E-state index in [0.29, 0.717) is 18.7 Å². The van der Waals surface area contributed by atoms with Gasteiger partial charge in [-0.05, 0) is 38.0 Å². The minimum atomic E-state index is -3.53. The van der Waals surface area contributed by atoms with Gasteiger partial charge in [-0.3, -0.25) is 4.79 Å². The molecule has 3 rings (SSSR count). The third kappa shape index (κ3) is 3.48. The summed E-state index contributed by atoms with van der Waals surface area (Å²) in [7, 11) is -3.53. The Labute approximate surface area is 130 Å². The van der Waals surface area contributed by atoms with Gasteiger partial charge in [-0.1, -0.05) is 6.07 Å². The van der Waals surface area contributed by atoms with Crippen LogP contribution < -0.4 is 10.0 Å². The summed E-state index contributed by atoms with van der Waals surface area (Å²) < 4.78 is 27.1. The van der Waals surface area contributed by atoms with Crippen LogP contribution in [0.5, 0.6) is 0 Å². The van der Waals surface area contributed by atoms with Crippen molar-refractivity contribution in [3.05, 3.63) is 29.8 Å². The van der Waals surface area contributed by atoms with Crippen molar-refractivity contribution in [1.29, 1.82) is 0 Å². The molecule has 0 radical (unpaired) electrons. The van der Waals surface area contributed by atoms with Gasteiger partial charge in [0.05, 0.1) is 4.90 Å². The monoisotopic (exact) mass is 323 g/mol. The van der Waals surface area contributed by atoms with E-state index in [2.05, 4.69) is 10.0 Å². The maximum absolute atomic E-state index is 12.5. The van der Waals surface area contributed by atoms with Gasteiger partial charge in [-0.15, -0.1) is 0 Å². The Morgan fingerprint density at radius 2 is 2.14 bits per heavy atom. The van der Waals surface area contributed by atoms with Crippen LogP contribution in [-0.4, -0.2) is 50.9 Å². The summed E-state index contributed by atoms with van der Waals surface area (Å²) in [6, 6.07) is 6.60. The number of nitrogens with one attached hydrogen (secondary N) is 2. The SMILES string of the molecule is CC1CN(C(=O)c2cccc(S(=O)(=O)NC3CC3)c2)CCN1. The average Bonchev–Trinajstić information content (AvgIpc) is 3.30. The van der Waals surface area contributed by atoms with Crippen LogP contribution >= 0.6 is 0 Å². The van der Waals surface area contributed by atoms with Gasteiger partial charge in [0.25, 0.3) is 5.91 Å². The summed E-state index contributed by atoms with van der Waals surface area (Å²) in [5.41, 5.74) is 0.424. The molecule has 1 aliphatic carbocycles. The zero-order chi connectivity index (χ0) is 15.7. The van der Waals surface area contributed by atoms with Crippen LogP contribution in [0.3, 0.4) is 0 Å². The van der Waals surface area contributed by atoms with Crippen LogP contribution in [0.15, 0.2) is 29.2 Å². The van der Waals surface area contributed by atoms with Crippen LogP contribution in [0, 0.1) is 0 Å². The Balaban J connectivity index is 1.79. The molecule has 1 aromatic rings. The number of benzene rings is 1. The van der Waals surface area contributed by atoms with Crippen LogP contribution in [0.25, 0.3) is 0 Å². The lowest BCUT2D eigenvalue weighted by Gasteiger charge is -2.32. The minimum absolute atomic E-state index is 0.0541. The average molecular weight is 323 g/mol. The lowest BCUT2D eigenvalue weighted by atomic mass is 10.1. The second kappa shape index (κ2) is 5.98. The number of piperazine rings is 1. The van der Waals surface area contributed by atoms with Crippen molar-refractivity contribution < 1.29 is 13.2 Å². The maximum Gasteiger partial charge on any atom is 0.253 e. The van der Waals surface area contributed by atoms with Crippen molar-refractivity contribution in [2.75, 3.05) is 19.6 Å². The first-order chi connectivity index (χ1) is 10.5. The van der Waals surface area contributed by atoms with Crippen molar-refractivity contribution in [3.8, 4) is 0 Å². The molecule has 2 fully saturated rings. The van der Waals surface area contributed by atoms with Gasteiger partial charge in [0.15, 0.2) is 0 Å². The summed E-state index contributed by atoms with van der Waals surface area (Å²) in [6.07, 6.45) is 1.77. The van der Waals surface area contributed by atoms with Gasteiger partial charge < -0.3 is 10.2 Å². The first-order valence-corrected chi connectivity index (χ1v) is 9.09. The van der Waals surface area contributed by atoms with Crippen molar-refractivity contribution in [1.82, 2.24) is 14.9 Å². The number of hydrogen-bond acceptors (Lipinski definition) is 4. The third-order valence-electron chi connectivity index (χ3n) is 3.95. The zero-order valence-corrected chi connectivity index (χ0v) is 13.4.